The highest BCUT2D eigenvalue weighted by molar-refractivity contribution is 8.01. The van der Waals surface area contributed by atoms with Gasteiger partial charge in [-0.25, -0.2) is 4.98 Å². The van der Waals surface area contributed by atoms with Crippen LogP contribution in [0.1, 0.15) is 39.0 Å². The number of methoxy groups -OCH3 is 1. The van der Waals surface area contributed by atoms with E-state index < -0.39 is 0 Å². The minimum Gasteiger partial charge on any atom is -0.496 e. The number of nitrogens with one attached hydrogen (secondary N) is 3. The average Bonchev–Trinajstić information content (AvgIpc) is 3.53. The van der Waals surface area contributed by atoms with Crippen molar-refractivity contribution >= 4 is 40.0 Å². The lowest BCUT2D eigenvalue weighted by Gasteiger charge is -2.27. The van der Waals surface area contributed by atoms with E-state index >= 15 is 0 Å². The standard InChI is InChI=1S/C24H29N5O4S2/c1-4-25-13-16-5-6-18(27-16)22(30)28-24-26-14-21(35-24)34-20-12-17(19(32-3)11-15(20)2)23(31)29-7-9-33-10-8-29/h5-6,11-12,14,25,27H,4,7-10,13H2,1-3H3,(H,26,28,30). The summed E-state index contributed by atoms with van der Waals surface area (Å²) in [6, 6.07) is 7.41. The molecule has 3 heterocycles. The number of rotatable bonds is 9. The monoisotopic (exact) mass is 515 g/mol. The number of anilines is 1. The van der Waals surface area contributed by atoms with Gasteiger partial charge in [0.1, 0.15) is 11.4 Å². The maximum Gasteiger partial charge on any atom is 0.273 e. The zero-order valence-corrected chi connectivity index (χ0v) is 21.6. The van der Waals surface area contributed by atoms with Gasteiger partial charge in [0.15, 0.2) is 5.13 Å². The molecule has 2 amide bonds. The van der Waals surface area contributed by atoms with Crippen molar-refractivity contribution in [2.24, 2.45) is 0 Å². The molecule has 1 aromatic carbocycles. The molecule has 0 unspecified atom stereocenters. The number of aromatic nitrogens is 2. The third kappa shape index (κ3) is 6.23. The lowest BCUT2D eigenvalue weighted by molar-refractivity contribution is 0.0300. The smallest absolute Gasteiger partial charge is 0.273 e. The fourth-order valence-corrected chi connectivity index (χ4v) is 5.55. The highest BCUT2D eigenvalue weighted by Crippen LogP contribution is 2.38. The van der Waals surface area contributed by atoms with Gasteiger partial charge >= 0.3 is 0 Å². The van der Waals surface area contributed by atoms with Gasteiger partial charge in [0.25, 0.3) is 11.8 Å². The Labute approximate surface area is 212 Å². The van der Waals surface area contributed by atoms with Crippen LogP contribution < -0.4 is 15.4 Å². The first-order valence-electron chi connectivity index (χ1n) is 11.4. The molecule has 1 aliphatic rings. The number of morpholine rings is 1. The Bertz CT molecular complexity index is 1190. The molecule has 1 fully saturated rings. The number of hydrogen-bond donors (Lipinski definition) is 3. The van der Waals surface area contributed by atoms with Crippen LogP contribution in [0.5, 0.6) is 5.75 Å². The molecule has 35 heavy (non-hydrogen) atoms. The number of benzene rings is 1. The fraction of sp³-hybridized carbons (Fsp3) is 0.375. The van der Waals surface area contributed by atoms with Crippen LogP contribution in [0.15, 0.2) is 39.6 Å². The molecule has 3 N–H and O–H groups in total. The van der Waals surface area contributed by atoms with Crippen LogP contribution in [0.2, 0.25) is 0 Å². The molecule has 0 spiro atoms. The maximum absolute atomic E-state index is 13.1. The predicted molar refractivity (Wildman–Crippen MR) is 137 cm³/mol. The van der Waals surface area contributed by atoms with Gasteiger partial charge < -0.3 is 24.7 Å². The van der Waals surface area contributed by atoms with Crippen molar-refractivity contribution in [1.82, 2.24) is 20.2 Å². The fourth-order valence-electron chi connectivity index (χ4n) is 3.62. The van der Waals surface area contributed by atoms with E-state index in [0.29, 0.717) is 55.0 Å². The molecule has 1 aliphatic heterocycles. The zero-order valence-electron chi connectivity index (χ0n) is 20.0. The number of amides is 2. The second-order valence-electron chi connectivity index (χ2n) is 7.94. The Balaban J connectivity index is 1.46. The second-order valence-corrected chi connectivity index (χ2v) is 10.3. The highest BCUT2D eigenvalue weighted by Gasteiger charge is 2.23. The molecule has 3 aromatic rings. The SMILES string of the molecule is CCNCc1ccc(C(=O)Nc2ncc(Sc3cc(C(=O)N4CCOCC4)c(OC)cc3C)s2)[nH]1. The Morgan fingerprint density at radius 2 is 2.09 bits per heavy atom. The molecular formula is C24H29N5O4S2. The molecule has 0 aliphatic carbocycles. The third-order valence-corrected chi connectivity index (χ3v) is 7.67. The largest absolute Gasteiger partial charge is 0.496 e. The first kappa shape index (κ1) is 25.2. The number of ether oxygens (including phenoxy) is 2. The molecule has 0 radical (unpaired) electrons. The summed E-state index contributed by atoms with van der Waals surface area (Å²) >= 11 is 2.89. The maximum atomic E-state index is 13.1. The number of aryl methyl sites for hydroxylation is 1. The number of H-pyrrole nitrogens is 1. The number of carbonyl (C=O) groups is 2. The molecule has 1 saturated heterocycles. The van der Waals surface area contributed by atoms with E-state index in [1.54, 1.807) is 24.3 Å². The molecule has 0 saturated carbocycles. The number of carbonyl (C=O) groups excluding carboxylic acids is 2. The van der Waals surface area contributed by atoms with Crippen molar-refractivity contribution in [1.29, 1.82) is 0 Å². The number of nitrogens with zero attached hydrogens (tertiary/aromatic N) is 2. The van der Waals surface area contributed by atoms with Crippen LogP contribution in [0, 0.1) is 6.92 Å². The van der Waals surface area contributed by atoms with Crippen LogP contribution in [0.4, 0.5) is 5.13 Å². The van der Waals surface area contributed by atoms with E-state index in [-0.39, 0.29) is 11.8 Å². The third-order valence-electron chi connectivity index (χ3n) is 5.50. The second kappa shape index (κ2) is 11.7. The van der Waals surface area contributed by atoms with Crippen molar-refractivity contribution in [2.45, 2.75) is 29.5 Å². The van der Waals surface area contributed by atoms with E-state index in [4.69, 9.17) is 9.47 Å². The molecule has 186 valence electrons. The molecule has 9 nitrogen and oxygen atoms in total. The minimum absolute atomic E-state index is 0.0660. The van der Waals surface area contributed by atoms with Crippen LogP contribution in [0.3, 0.4) is 0 Å². The van der Waals surface area contributed by atoms with Gasteiger partial charge in [-0.2, -0.15) is 0 Å². The summed E-state index contributed by atoms with van der Waals surface area (Å²) in [4.78, 5) is 35.9. The van der Waals surface area contributed by atoms with Gasteiger partial charge in [-0.3, -0.25) is 14.9 Å². The first-order valence-corrected chi connectivity index (χ1v) is 13.0. The Kier molecular flexibility index (Phi) is 8.45. The summed E-state index contributed by atoms with van der Waals surface area (Å²) in [5.41, 5.74) is 2.95. The van der Waals surface area contributed by atoms with Gasteiger partial charge in [0, 0.05) is 30.2 Å². The van der Waals surface area contributed by atoms with E-state index in [1.165, 1.54) is 23.1 Å². The number of hydrogen-bond acceptors (Lipinski definition) is 8. The van der Waals surface area contributed by atoms with Crippen LogP contribution >= 0.6 is 23.1 Å². The summed E-state index contributed by atoms with van der Waals surface area (Å²) in [7, 11) is 1.57. The van der Waals surface area contributed by atoms with Crippen molar-refractivity contribution < 1.29 is 19.1 Å². The summed E-state index contributed by atoms with van der Waals surface area (Å²) in [6.07, 6.45) is 1.73. The van der Waals surface area contributed by atoms with E-state index in [0.717, 1.165) is 26.9 Å². The molecule has 2 aromatic heterocycles. The molecule has 0 bridgehead atoms. The predicted octanol–water partition coefficient (Wildman–Crippen LogP) is 3.77. The van der Waals surface area contributed by atoms with Gasteiger partial charge in [0.2, 0.25) is 0 Å². The normalized spacial score (nSPS) is 13.6. The van der Waals surface area contributed by atoms with Crippen molar-refractivity contribution in [3.8, 4) is 5.75 Å². The zero-order chi connectivity index (χ0) is 24.8. The van der Waals surface area contributed by atoms with Crippen LogP contribution in [0.25, 0.3) is 0 Å². The van der Waals surface area contributed by atoms with Gasteiger partial charge in [-0.15, -0.1) is 0 Å². The molecular weight excluding hydrogens is 486 g/mol. The summed E-state index contributed by atoms with van der Waals surface area (Å²) in [6.45, 7) is 7.75. The Morgan fingerprint density at radius 3 is 2.83 bits per heavy atom. The van der Waals surface area contributed by atoms with Crippen molar-refractivity contribution in [3.05, 3.63) is 53.0 Å². The molecule has 11 heteroatoms. The average molecular weight is 516 g/mol. The highest BCUT2D eigenvalue weighted by atomic mass is 32.2. The summed E-state index contributed by atoms with van der Waals surface area (Å²) in [5, 5.41) is 6.58. The van der Waals surface area contributed by atoms with E-state index in [1.807, 2.05) is 32.0 Å². The lowest BCUT2D eigenvalue weighted by atomic mass is 10.1. The minimum atomic E-state index is -0.238. The Morgan fingerprint density at radius 1 is 1.29 bits per heavy atom. The quantitative estimate of drug-likeness (QED) is 0.398. The number of thiazole rings is 1. The van der Waals surface area contributed by atoms with Crippen molar-refractivity contribution in [3.63, 3.8) is 0 Å². The first-order chi connectivity index (χ1) is 17.0. The van der Waals surface area contributed by atoms with Crippen LogP contribution in [-0.4, -0.2) is 66.6 Å². The number of aromatic amines is 1. The van der Waals surface area contributed by atoms with Gasteiger partial charge in [0.05, 0.1) is 36.3 Å². The molecule has 4 rings (SSSR count). The van der Waals surface area contributed by atoms with Crippen LogP contribution in [-0.2, 0) is 11.3 Å². The van der Waals surface area contributed by atoms with E-state index in [9.17, 15) is 9.59 Å². The topological polar surface area (TPSA) is 109 Å². The van der Waals surface area contributed by atoms with Crippen molar-refractivity contribution in [2.75, 3.05) is 45.3 Å². The summed E-state index contributed by atoms with van der Waals surface area (Å²) < 4.78 is 11.8. The summed E-state index contributed by atoms with van der Waals surface area (Å²) in [5.74, 6) is 0.251. The molecule has 0 atom stereocenters. The van der Waals surface area contributed by atoms with Gasteiger partial charge in [-0.1, -0.05) is 30.0 Å². The van der Waals surface area contributed by atoms with E-state index in [2.05, 4.69) is 20.6 Å². The lowest BCUT2D eigenvalue weighted by Crippen LogP contribution is -2.40. The Hall–Kier alpha value is -2.86. The van der Waals surface area contributed by atoms with Gasteiger partial charge in [-0.05, 0) is 43.3 Å².